The molecule has 0 saturated heterocycles. The lowest BCUT2D eigenvalue weighted by Crippen LogP contribution is -2.05. The van der Waals surface area contributed by atoms with Crippen molar-refractivity contribution in [3.05, 3.63) is 53.2 Å². The third kappa shape index (κ3) is 3.80. The standard InChI is InChI=1S/C15H15N3O2S/c1-11-3-6-13(9-16)15(18-11)17-10-12-4-7-14(8-5-12)21(2,19)20/h3-8H,10H2,1-2H3,(H,17,18). The van der Waals surface area contributed by atoms with Crippen LogP contribution in [-0.2, 0) is 16.4 Å². The van der Waals surface area contributed by atoms with Gasteiger partial charge in [0.25, 0.3) is 0 Å². The van der Waals surface area contributed by atoms with Gasteiger partial charge in [0.1, 0.15) is 11.9 Å². The largest absolute Gasteiger partial charge is 0.365 e. The summed E-state index contributed by atoms with van der Waals surface area (Å²) in [6.07, 6.45) is 1.18. The first kappa shape index (κ1) is 15.0. The molecule has 0 aliphatic rings. The average Bonchev–Trinajstić information content (AvgIpc) is 2.45. The first-order valence-corrected chi connectivity index (χ1v) is 8.20. The number of hydrogen-bond acceptors (Lipinski definition) is 5. The first-order chi connectivity index (χ1) is 9.90. The van der Waals surface area contributed by atoms with Gasteiger partial charge in [-0.25, -0.2) is 13.4 Å². The van der Waals surface area contributed by atoms with Gasteiger partial charge in [0.05, 0.1) is 10.5 Å². The van der Waals surface area contributed by atoms with Crippen molar-refractivity contribution < 1.29 is 8.42 Å². The van der Waals surface area contributed by atoms with E-state index in [4.69, 9.17) is 5.26 Å². The van der Waals surface area contributed by atoms with E-state index in [0.29, 0.717) is 17.9 Å². The fraction of sp³-hybridized carbons (Fsp3) is 0.200. The summed E-state index contributed by atoms with van der Waals surface area (Å²) in [6, 6.07) is 12.2. The summed E-state index contributed by atoms with van der Waals surface area (Å²) in [7, 11) is -3.18. The van der Waals surface area contributed by atoms with E-state index in [1.54, 1.807) is 36.4 Å². The van der Waals surface area contributed by atoms with Crippen molar-refractivity contribution in [1.82, 2.24) is 4.98 Å². The number of aryl methyl sites for hydroxylation is 1. The molecule has 5 nitrogen and oxygen atoms in total. The molecule has 0 spiro atoms. The molecule has 0 fully saturated rings. The lowest BCUT2D eigenvalue weighted by Gasteiger charge is -2.08. The van der Waals surface area contributed by atoms with Crippen molar-refractivity contribution in [1.29, 1.82) is 5.26 Å². The van der Waals surface area contributed by atoms with Crippen molar-refractivity contribution in [2.45, 2.75) is 18.4 Å². The zero-order valence-electron chi connectivity index (χ0n) is 11.8. The molecule has 1 heterocycles. The molecular weight excluding hydrogens is 286 g/mol. The van der Waals surface area contributed by atoms with Crippen LogP contribution in [0.4, 0.5) is 5.82 Å². The molecule has 2 rings (SSSR count). The Kier molecular flexibility index (Phi) is 4.24. The number of nitrogens with zero attached hydrogens (tertiary/aromatic N) is 2. The highest BCUT2D eigenvalue weighted by atomic mass is 32.2. The van der Waals surface area contributed by atoms with Crippen LogP contribution in [-0.4, -0.2) is 19.7 Å². The van der Waals surface area contributed by atoms with Crippen LogP contribution in [0.25, 0.3) is 0 Å². The van der Waals surface area contributed by atoms with E-state index in [0.717, 1.165) is 11.3 Å². The van der Waals surface area contributed by atoms with Crippen molar-refractivity contribution >= 4 is 15.7 Å². The number of nitriles is 1. The number of nitrogens with one attached hydrogen (secondary N) is 1. The summed E-state index contributed by atoms with van der Waals surface area (Å²) in [6.45, 7) is 2.32. The molecule has 0 bridgehead atoms. The van der Waals surface area contributed by atoms with E-state index in [1.807, 2.05) is 6.92 Å². The van der Waals surface area contributed by atoms with Crippen LogP contribution in [0.1, 0.15) is 16.8 Å². The molecule has 108 valence electrons. The molecule has 0 atom stereocenters. The lowest BCUT2D eigenvalue weighted by molar-refractivity contribution is 0.602. The fourth-order valence-electron chi connectivity index (χ4n) is 1.82. The predicted molar refractivity (Wildman–Crippen MR) is 80.6 cm³/mol. The van der Waals surface area contributed by atoms with Crippen LogP contribution in [0.2, 0.25) is 0 Å². The Morgan fingerprint density at radius 2 is 1.86 bits per heavy atom. The first-order valence-electron chi connectivity index (χ1n) is 6.31. The molecule has 1 N–H and O–H groups in total. The second-order valence-electron chi connectivity index (χ2n) is 4.73. The van der Waals surface area contributed by atoms with Crippen LogP contribution in [0.3, 0.4) is 0 Å². The van der Waals surface area contributed by atoms with E-state index in [2.05, 4.69) is 16.4 Å². The van der Waals surface area contributed by atoms with Gasteiger partial charge < -0.3 is 5.32 Å². The third-order valence-electron chi connectivity index (χ3n) is 2.97. The van der Waals surface area contributed by atoms with E-state index < -0.39 is 9.84 Å². The van der Waals surface area contributed by atoms with E-state index in [-0.39, 0.29) is 4.90 Å². The predicted octanol–water partition coefficient (Wildman–Crippen LogP) is 2.28. The SMILES string of the molecule is Cc1ccc(C#N)c(NCc2ccc(S(C)(=O)=O)cc2)n1. The minimum absolute atomic E-state index is 0.289. The molecule has 1 aromatic heterocycles. The number of anilines is 1. The summed E-state index contributed by atoms with van der Waals surface area (Å²) < 4.78 is 22.8. The Morgan fingerprint density at radius 1 is 1.19 bits per heavy atom. The van der Waals surface area contributed by atoms with Crippen LogP contribution in [0, 0.1) is 18.3 Å². The Balaban J connectivity index is 2.14. The normalized spacial score (nSPS) is 10.9. The third-order valence-corrected chi connectivity index (χ3v) is 4.09. The van der Waals surface area contributed by atoms with Crippen molar-refractivity contribution in [2.75, 3.05) is 11.6 Å². The summed E-state index contributed by atoms with van der Waals surface area (Å²) in [5, 5.41) is 12.1. The quantitative estimate of drug-likeness (QED) is 0.936. The van der Waals surface area contributed by atoms with Crippen molar-refractivity contribution in [2.24, 2.45) is 0 Å². The second kappa shape index (κ2) is 5.94. The fourth-order valence-corrected chi connectivity index (χ4v) is 2.45. The van der Waals surface area contributed by atoms with Gasteiger partial charge in [0.2, 0.25) is 0 Å². The van der Waals surface area contributed by atoms with Gasteiger partial charge in [-0.1, -0.05) is 12.1 Å². The van der Waals surface area contributed by atoms with Gasteiger partial charge in [0, 0.05) is 18.5 Å². The number of pyridine rings is 1. The molecule has 21 heavy (non-hydrogen) atoms. The highest BCUT2D eigenvalue weighted by Crippen LogP contribution is 2.15. The maximum absolute atomic E-state index is 11.4. The maximum Gasteiger partial charge on any atom is 0.175 e. The van der Waals surface area contributed by atoms with E-state index >= 15 is 0 Å². The zero-order chi connectivity index (χ0) is 15.5. The topological polar surface area (TPSA) is 82.9 Å². The highest BCUT2D eigenvalue weighted by molar-refractivity contribution is 7.90. The molecule has 0 aliphatic heterocycles. The maximum atomic E-state index is 11.4. The van der Waals surface area contributed by atoms with Crippen molar-refractivity contribution in [3.8, 4) is 6.07 Å². The van der Waals surface area contributed by atoms with Gasteiger partial charge in [-0.15, -0.1) is 0 Å². The van der Waals surface area contributed by atoms with Gasteiger partial charge in [-0.05, 0) is 36.8 Å². The summed E-state index contributed by atoms with van der Waals surface area (Å²) in [5.41, 5.74) is 2.21. The molecule has 0 saturated carbocycles. The van der Waals surface area contributed by atoms with Gasteiger partial charge in [0.15, 0.2) is 9.84 Å². The Labute approximate surface area is 124 Å². The van der Waals surface area contributed by atoms with Crippen LogP contribution in [0.5, 0.6) is 0 Å². The zero-order valence-corrected chi connectivity index (χ0v) is 12.6. The van der Waals surface area contributed by atoms with Crippen LogP contribution >= 0.6 is 0 Å². The van der Waals surface area contributed by atoms with Crippen LogP contribution < -0.4 is 5.32 Å². The minimum Gasteiger partial charge on any atom is -0.365 e. The molecular formula is C15H15N3O2S. The second-order valence-corrected chi connectivity index (χ2v) is 6.75. The molecule has 0 amide bonds. The number of aromatic nitrogens is 1. The Hall–Kier alpha value is -2.39. The average molecular weight is 301 g/mol. The summed E-state index contributed by atoms with van der Waals surface area (Å²) >= 11 is 0. The molecule has 0 unspecified atom stereocenters. The van der Waals surface area contributed by atoms with Crippen LogP contribution in [0.15, 0.2) is 41.3 Å². The van der Waals surface area contributed by atoms with E-state index in [9.17, 15) is 8.42 Å². The van der Waals surface area contributed by atoms with Gasteiger partial charge >= 0.3 is 0 Å². The van der Waals surface area contributed by atoms with Gasteiger partial charge in [-0.2, -0.15) is 5.26 Å². The Morgan fingerprint density at radius 3 is 2.43 bits per heavy atom. The number of sulfone groups is 1. The smallest absolute Gasteiger partial charge is 0.175 e. The number of benzene rings is 1. The monoisotopic (exact) mass is 301 g/mol. The summed E-state index contributed by atoms with van der Waals surface area (Å²) in [4.78, 5) is 4.58. The summed E-state index contributed by atoms with van der Waals surface area (Å²) in [5.74, 6) is 0.532. The molecule has 0 aliphatic carbocycles. The highest BCUT2D eigenvalue weighted by Gasteiger charge is 2.07. The number of hydrogen-bond donors (Lipinski definition) is 1. The molecule has 1 aromatic carbocycles. The number of rotatable bonds is 4. The molecule has 6 heteroatoms. The lowest BCUT2D eigenvalue weighted by atomic mass is 10.2. The van der Waals surface area contributed by atoms with Crippen molar-refractivity contribution in [3.63, 3.8) is 0 Å². The molecule has 0 radical (unpaired) electrons. The van der Waals surface area contributed by atoms with E-state index in [1.165, 1.54) is 6.26 Å². The minimum atomic E-state index is -3.18. The van der Waals surface area contributed by atoms with Gasteiger partial charge in [-0.3, -0.25) is 0 Å². The Bertz CT molecular complexity index is 791. The molecule has 2 aromatic rings.